The van der Waals surface area contributed by atoms with Crippen molar-refractivity contribution in [1.29, 1.82) is 0 Å². The lowest BCUT2D eigenvalue weighted by Crippen LogP contribution is -2.19. The molecule has 0 saturated carbocycles. The number of carbonyl (C=O) groups is 5. The number of aliphatic carboxylic acids is 1. The summed E-state index contributed by atoms with van der Waals surface area (Å²) in [6.45, 7) is 3.22. The van der Waals surface area contributed by atoms with Crippen LogP contribution in [0, 0.1) is 0 Å². The van der Waals surface area contributed by atoms with Crippen molar-refractivity contribution in [3.8, 4) is 0 Å². The first-order chi connectivity index (χ1) is 9.35. The van der Waals surface area contributed by atoms with Crippen molar-refractivity contribution < 1.29 is 29.1 Å². The minimum absolute atomic E-state index is 0.0556. The number of hydrogen-bond donors (Lipinski definition) is 3. The van der Waals surface area contributed by atoms with Crippen LogP contribution in [0.1, 0.15) is 6.42 Å². The van der Waals surface area contributed by atoms with Gasteiger partial charge in [0.15, 0.2) is 0 Å². The fourth-order valence-electron chi connectivity index (χ4n) is 0.836. The van der Waals surface area contributed by atoms with Crippen molar-refractivity contribution in [1.82, 2.24) is 10.6 Å². The van der Waals surface area contributed by atoms with Crippen molar-refractivity contribution in [2.75, 3.05) is 0 Å². The number of amides is 4. The predicted octanol–water partition coefficient (Wildman–Crippen LogP) is -0.955. The molecular formula is C12H12N2O6. The number of hydrogen-bond acceptors (Lipinski definition) is 5. The highest BCUT2D eigenvalue weighted by molar-refractivity contribution is 6.13. The third kappa shape index (κ3) is 9.05. The Bertz CT molecular complexity index is 436. The van der Waals surface area contributed by atoms with Gasteiger partial charge in [0, 0.05) is 24.3 Å². The molecule has 0 aliphatic carbocycles. The van der Waals surface area contributed by atoms with E-state index in [0.29, 0.717) is 0 Å². The van der Waals surface area contributed by atoms with E-state index in [9.17, 15) is 24.0 Å². The van der Waals surface area contributed by atoms with Crippen LogP contribution in [0.2, 0.25) is 0 Å². The standard InChI is InChI=1S/2C4H3NO2.C4H6O2/c2*6-3-1-2-4(7)5-3;1-2-3-4(5)6/h2*1-2H,(H,5,6,7);2H,1,3H2,(H,5,6). The summed E-state index contributed by atoms with van der Waals surface area (Å²) in [5, 5.41) is 11.9. The van der Waals surface area contributed by atoms with Gasteiger partial charge in [-0.15, -0.1) is 6.58 Å². The van der Waals surface area contributed by atoms with E-state index in [4.69, 9.17) is 5.11 Å². The SMILES string of the molecule is C=CCC(=O)O.O=C1C=CC(=O)N1.O=C1C=CC(=O)N1. The van der Waals surface area contributed by atoms with E-state index in [-0.39, 0.29) is 30.0 Å². The molecule has 0 spiro atoms. The summed E-state index contributed by atoms with van der Waals surface area (Å²) < 4.78 is 0. The maximum Gasteiger partial charge on any atom is 0.307 e. The molecule has 3 N–H and O–H groups in total. The summed E-state index contributed by atoms with van der Waals surface area (Å²) in [6.07, 6.45) is 6.19. The first kappa shape index (κ1) is 17.0. The minimum Gasteiger partial charge on any atom is -0.481 e. The Balaban J connectivity index is 0.000000272. The van der Waals surface area contributed by atoms with E-state index in [1.165, 1.54) is 30.4 Å². The first-order valence-corrected chi connectivity index (χ1v) is 5.24. The molecule has 0 bridgehead atoms. The lowest BCUT2D eigenvalue weighted by atomic mass is 10.4. The van der Waals surface area contributed by atoms with Gasteiger partial charge in [-0.2, -0.15) is 0 Å². The highest BCUT2D eigenvalue weighted by Crippen LogP contribution is 1.83. The Morgan fingerprint density at radius 1 is 0.950 bits per heavy atom. The quantitative estimate of drug-likeness (QED) is 0.441. The smallest absolute Gasteiger partial charge is 0.307 e. The molecule has 0 unspecified atom stereocenters. The zero-order valence-electron chi connectivity index (χ0n) is 10.3. The molecule has 2 aliphatic heterocycles. The number of carboxylic acid groups (broad SMARTS) is 1. The zero-order valence-corrected chi connectivity index (χ0v) is 10.3. The van der Waals surface area contributed by atoms with E-state index in [0.717, 1.165) is 0 Å². The van der Waals surface area contributed by atoms with Crippen molar-refractivity contribution in [3.05, 3.63) is 37.0 Å². The van der Waals surface area contributed by atoms with E-state index in [1.807, 2.05) is 10.6 Å². The van der Waals surface area contributed by atoms with Crippen LogP contribution in [0.4, 0.5) is 0 Å². The van der Waals surface area contributed by atoms with Gasteiger partial charge in [-0.3, -0.25) is 34.6 Å². The second-order valence-corrected chi connectivity index (χ2v) is 3.26. The molecule has 8 heteroatoms. The van der Waals surface area contributed by atoms with Crippen molar-refractivity contribution in [2.45, 2.75) is 6.42 Å². The fourth-order valence-corrected chi connectivity index (χ4v) is 0.836. The molecule has 4 amide bonds. The Morgan fingerprint density at radius 3 is 1.30 bits per heavy atom. The van der Waals surface area contributed by atoms with Crippen LogP contribution in [0.25, 0.3) is 0 Å². The van der Waals surface area contributed by atoms with Gasteiger partial charge in [-0.05, 0) is 0 Å². The zero-order chi connectivity index (χ0) is 15.5. The summed E-state index contributed by atoms with van der Waals surface area (Å²) in [4.78, 5) is 49.7. The van der Waals surface area contributed by atoms with Crippen LogP contribution in [0.3, 0.4) is 0 Å². The number of nitrogens with one attached hydrogen (secondary N) is 2. The Labute approximate surface area is 113 Å². The molecule has 0 radical (unpaired) electrons. The van der Waals surface area contributed by atoms with Gasteiger partial charge in [0.2, 0.25) is 0 Å². The lowest BCUT2D eigenvalue weighted by Gasteiger charge is -1.80. The second kappa shape index (κ2) is 8.97. The van der Waals surface area contributed by atoms with Crippen LogP contribution in [0.15, 0.2) is 37.0 Å². The van der Waals surface area contributed by atoms with Crippen molar-refractivity contribution >= 4 is 29.6 Å². The maximum absolute atomic E-state index is 10.0. The third-order valence-electron chi connectivity index (χ3n) is 1.58. The summed E-state index contributed by atoms with van der Waals surface area (Å²) >= 11 is 0. The van der Waals surface area contributed by atoms with Gasteiger partial charge in [0.25, 0.3) is 23.6 Å². The fraction of sp³-hybridized carbons (Fsp3) is 0.0833. The molecule has 8 nitrogen and oxygen atoms in total. The molecular weight excluding hydrogens is 268 g/mol. The number of carbonyl (C=O) groups excluding carboxylic acids is 4. The third-order valence-corrected chi connectivity index (χ3v) is 1.58. The Kier molecular flexibility index (Phi) is 7.61. The molecule has 2 rings (SSSR count). The summed E-state index contributed by atoms with van der Waals surface area (Å²) in [5.74, 6) is -2.14. The monoisotopic (exact) mass is 280 g/mol. The van der Waals surface area contributed by atoms with Gasteiger partial charge >= 0.3 is 5.97 Å². The van der Waals surface area contributed by atoms with Gasteiger partial charge in [-0.25, -0.2) is 0 Å². The molecule has 0 saturated heterocycles. The van der Waals surface area contributed by atoms with E-state index in [1.54, 1.807) is 0 Å². The van der Waals surface area contributed by atoms with Gasteiger partial charge in [0.1, 0.15) is 0 Å². The summed E-state index contributed by atoms with van der Waals surface area (Å²) in [5.41, 5.74) is 0. The van der Waals surface area contributed by atoms with Gasteiger partial charge in [-0.1, -0.05) is 6.08 Å². The molecule has 0 aromatic carbocycles. The Morgan fingerprint density at radius 2 is 1.25 bits per heavy atom. The number of rotatable bonds is 2. The topological polar surface area (TPSA) is 130 Å². The number of carboxylic acids is 1. The highest BCUT2D eigenvalue weighted by atomic mass is 16.4. The van der Waals surface area contributed by atoms with E-state index in [2.05, 4.69) is 6.58 Å². The molecule has 0 fully saturated rings. The van der Waals surface area contributed by atoms with Crippen molar-refractivity contribution in [3.63, 3.8) is 0 Å². The molecule has 20 heavy (non-hydrogen) atoms. The second-order valence-electron chi connectivity index (χ2n) is 3.26. The molecule has 106 valence electrons. The van der Waals surface area contributed by atoms with E-state index < -0.39 is 5.97 Å². The molecule has 2 aliphatic rings. The molecule has 0 aromatic heterocycles. The summed E-state index contributed by atoms with van der Waals surface area (Å²) in [7, 11) is 0. The van der Waals surface area contributed by atoms with E-state index >= 15 is 0 Å². The van der Waals surface area contributed by atoms with Crippen LogP contribution in [-0.4, -0.2) is 34.7 Å². The molecule has 0 atom stereocenters. The van der Waals surface area contributed by atoms with Crippen LogP contribution >= 0.6 is 0 Å². The number of imide groups is 2. The lowest BCUT2D eigenvalue weighted by molar-refractivity contribution is -0.136. The Hall–Kier alpha value is -3.03. The van der Waals surface area contributed by atoms with Crippen molar-refractivity contribution in [2.24, 2.45) is 0 Å². The highest BCUT2D eigenvalue weighted by Gasteiger charge is 2.07. The average Bonchev–Trinajstić information content (AvgIpc) is 2.89. The summed E-state index contributed by atoms with van der Waals surface area (Å²) in [6, 6.07) is 0. The average molecular weight is 280 g/mol. The van der Waals surface area contributed by atoms with Crippen LogP contribution in [0.5, 0.6) is 0 Å². The van der Waals surface area contributed by atoms with Gasteiger partial charge < -0.3 is 5.11 Å². The molecule has 2 heterocycles. The maximum atomic E-state index is 10.0. The van der Waals surface area contributed by atoms with Gasteiger partial charge in [0.05, 0.1) is 6.42 Å². The normalized spacial score (nSPS) is 14.6. The molecule has 0 aromatic rings. The van der Waals surface area contributed by atoms with Crippen LogP contribution < -0.4 is 10.6 Å². The largest absolute Gasteiger partial charge is 0.481 e. The predicted molar refractivity (Wildman–Crippen MR) is 67.0 cm³/mol. The minimum atomic E-state index is -0.829. The van der Waals surface area contributed by atoms with Crippen LogP contribution in [-0.2, 0) is 24.0 Å². The first-order valence-electron chi connectivity index (χ1n) is 5.24.